The van der Waals surface area contributed by atoms with E-state index in [4.69, 9.17) is 4.74 Å². The van der Waals surface area contributed by atoms with Crippen LogP contribution in [0.2, 0.25) is 0 Å². The molecule has 0 aliphatic heterocycles. The number of nitrogens with zero attached hydrogens (tertiary/aromatic N) is 1. The second-order valence-electron chi connectivity index (χ2n) is 8.66. The van der Waals surface area contributed by atoms with Crippen LogP contribution in [-0.2, 0) is 14.3 Å². The molecule has 3 rings (SSSR count). The molecule has 1 atom stereocenters. The maximum atomic E-state index is 13.0. The Balaban J connectivity index is 1.69. The minimum absolute atomic E-state index is 0.0874. The molecule has 7 nitrogen and oxygen atoms in total. The van der Waals surface area contributed by atoms with E-state index in [0.717, 1.165) is 22.3 Å². The second kappa shape index (κ2) is 9.42. The van der Waals surface area contributed by atoms with E-state index in [-0.39, 0.29) is 18.6 Å². The van der Waals surface area contributed by atoms with E-state index in [1.165, 1.54) is 4.90 Å². The van der Waals surface area contributed by atoms with Crippen LogP contribution in [0.1, 0.15) is 51.2 Å². The van der Waals surface area contributed by atoms with E-state index in [1.54, 1.807) is 20.8 Å². The van der Waals surface area contributed by atoms with Crippen molar-refractivity contribution in [2.75, 3.05) is 13.2 Å². The summed E-state index contributed by atoms with van der Waals surface area (Å²) in [6, 6.07) is 15.8. The fraction of sp³-hybridized carbons (Fsp3) is 0.400. The predicted octanol–water partition coefficient (Wildman–Crippen LogP) is 4.02. The maximum Gasteiger partial charge on any atom is 0.408 e. The average Bonchev–Trinajstić information content (AvgIpc) is 3.08. The third kappa shape index (κ3) is 4.77. The summed E-state index contributed by atoms with van der Waals surface area (Å²) in [5.41, 5.74) is 3.14. The van der Waals surface area contributed by atoms with Crippen molar-refractivity contribution in [1.82, 2.24) is 10.2 Å². The molecule has 1 aliphatic carbocycles. The van der Waals surface area contributed by atoms with E-state index in [9.17, 15) is 19.5 Å². The van der Waals surface area contributed by atoms with E-state index in [2.05, 4.69) is 17.4 Å². The molecule has 0 heterocycles. The van der Waals surface area contributed by atoms with Crippen molar-refractivity contribution in [2.24, 2.45) is 0 Å². The summed E-state index contributed by atoms with van der Waals surface area (Å²) in [4.78, 5) is 38.1. The molecular weight excluding hydrogens is 408 g/mol. The van der Waals surface area contributed by atoms with Gasteiger partial charge in [-0.05, 0) is 49.4 Å². The molecule has 0 aromatic heterocycles. The predicted molar refractivity (Wildman–Crippen MR) is 121 cm³/mol. The third-order valence-corrected chi connectivity index (χ3v) is 5.98. The number of hydrogen-bond acceptors (Lipinski definition) is 4. The van der Waals surface area contributed by atoms with Crippen molar-refractivity contribution in [1.29, 1.82) is 0 Å². The Morgan fingerprint density at radius 1 is 1.06 bits per heavy atom. The molecule has 2 N–H and O–H groups in total. The number of alkyl carbamates (subject to hydrolysis) is 1. The summed E-state index contributed by atoms with van der Waals surface area (Å²) < 4.78 is 5.54. The Bertz CT molecular complexity index is 971. The van der Waals surface area contributed by atoms with E-state index < -0.39 is 30.1 Å². The number of carboxylic acids is 1. The van der Waals surface area contributed by atoms with Gasteiger partial charge < -0.3 is 20.1 Å². The topological polar surface area (TPSA) is 95.9 Å². The number of carboxylic acid groups (broad SMARTS) is 1. The molecule has 0 saturated carbocycles. The number of rotatable bonds is 8. The molecule has 2 amide bonds. The van der Waals surface area contributed by atoms with E-state index in [0.29, 0.717) is 6.42 Å². The number of aliphatic carboxylic acids is 1. The minimum Gasteiger partial charge on any atom is -0.480 e. The van der Waals surface area contributed by atoms with Gasteiger partial charge >= 0.3 is 12.1 Å². The summed E-state index contributed by atoms with van der Waals surface area (Å²) in [5.74, 6) is -1.66. The number of nitrogens with one attached hydrogen (secondary N) is 1. The van der Waals surface area contributed by atoms with Crippen molar-refractivity contribution in [3.63, 3.8) is 0 Å². The van der Waals surface area contributed by atoms with Crippen molar-refractivity contribution in [3.05, 3.63) is 59.7 Å². The Hall–Kier alpha value is -3.35. The second-order valence-corrected chi connectivity index (χ2v) is 8.66. The van der Waals surface area contributed by atoms with Crippen LogP contribution in [0.4, 0.5) is 4.79 Å². The molecule has 170 valence electrons. The van der Waals surface area contributed by atoms with Gasteiger partial charge in [-0.3, -0.25) is 9.59 Å². The molecule has 0 fully saturated rings. The van der Waals surface area contributed by atoms with Crippen LogP contribution < -0.4 is 5.32 Å². The van der Waals surface area contributed by atoms with Crippen molar-refractivity contribution in [2.45, 2.75) is 51.6 Å². The summed E-state index contributed by atoms with van der Waals surface area (Å²) in [6.07, 6.45) is -0.121. The molecule has 1 aliphatic rings. The quantitative estimate of drug-likeness (QED) is 0.649. The zero-order valence-electron chi connectivity index (χ0n) is 18.9. The number of carbonyl (C=O) groups is 3. The first-order valence-corrected chi connectivity index (χ1v) is 10.8. The minimum atomic E-state index is -1.32. The lowest BCUT2D eigenvalue weighted by Crippen LogP contribution is -2.58. The number of benzene rings is 2. The van der Waals surface area contributed by atoms with Crippen LogP contribution in [0.3, 0.4) is 0 Å². The first-order chi connectivity index (χ1) is 15.2. The average molecular weight is 439 g/mol. The van der Waals surface area contributed by atoms with Gasteiger partial charge in [0.15, 0.2) is 0 Å². The molecule has 0 radical (unpaired) electrons. The van der Waals surface area contributed by atoms with Gasteiger partial charge in [0, 0.05) is 12.0 Å². The van der Waals surface area contributed by atoms with Crippen molar-refractivity contribution in [3.8, 4) is 11.1 Å². The number of fused-ring (bicyclic) bond motifs is 3. The first-order valence-electron chi connectivity index (χ1n) is 10.8. The van der Waals surface area contributed by atoms with Crippen LogP contribution >= 0.6 is 0 Å². The normalized spacial score (nSPS) is 13.6. The molecule has 2 aromatic rings. The monoisotopic (exact) mass is 438 g/mol. The number of carbonyl (C=O) groups excluding carboxylic acids is 2. The molecule has 1 unspecified atom stereocenters. The van der Waals surface area contributed by atoms with Gasteiger partial charge in [0.25, 0.3) is 0 Å². The van der Waals surface area contributed by atoms with E-state index >= 15 is 0 Å². The highest BCUT2D eigenvalue weighted by Gasteiger charge is 2.37. The Kier molecular flexibility index (Phi) is 6.87. The number of ether oxygens (including phenoxy) is 1. The highest BCUT2D eigenvalue weighted by atomic mass is 16.5. The summed E-state index contributed by atoms with van der Waals surface area (Å²) in [7, 11) is 0. The van der Waals surface area contributed by atoms with E-state index in [1.807, 2.05) is 43.3 Å². The molecule has 7 heteroatoms. The van der Waals surface area contributed by atoms with Gasteiger partial charge in [0.1, 0.15) is 18.7 Å². The van der Waals surface area contributed by atoms with Crippen molar-refractivity contribution < 1.29 is 24.2 Å². The fourth-order valence-electron chi connectivity index (χ4n) is 4.10. The fourth-order valence-corrected chi connectivity index (χ4v) is 4.10. The maximum absolute atomic E-state index is 13.0. The van der Waals surface area contributed by atoms with Crippen LogP contribution in [0, 0.1) is 0 Å². The van der Waals surface area contributed by atoms with Crippen LogP contribution in [-0.4, -0.2) is 52.7 Å². The largest absolute Gasteiger partial charge is 0.480 e. The van der Waals surface area contributed by atoms with Gasteiger partial charge in [-0.25, -0.2) is 4.79 Å². The standard InChI is InChI=1S/C25H30N2O5/c1-5-16(2)27(14-22(28)29)23(30)25(3,4)26-24(31)32-15-21-19-12-8-6-10-17(19)18-11-7-9-13-20(18)21/h6-13,16,21H,5,14-15H2,1-4H3,(H,26,31)(H,28,29). The van der Waals surface area contributed by atoms with Gasteiger partial charge in [0.2, 0.25) is 5.91 Å². The number of amides is 2. The molecule has 2 aromatic carbocycles. The molecule has 0 spiro atoms. The summed E-state index contributed by atoms with van der Waals surface area (Å²) in [6.45, 7) is 6.46. The zero-order chi connectivity index (χ0) is 23.5. The highest BCUT2D eigenvalue weighted by Crippen LogP contribution is 2.44. The third-order valence-electron chi connectivity index (χ3n) is 5.98. The smallest absolute Gasteiger partial charge is 0.408 e. The van der Waals surface area contributed by atoms with Gasteiger partial charge in [-0.2, -0.15) is 0 Å². The first kappa shape index (κ1) is 23.3. The lowest BCUT2D eigenvalue weighted by atomic mass is 9.98. The summed E-state index contributed by atoms with van der Waals surface area (Å²) in [5, 5.41) is 11.8. The van der Waals surface area contributed by atoms with Crippen LogP contribution in [0.5, 0.6) is 0 Å². The molecule has 0 saturated heterocycles. The van der Waals surface area contributed by atoms with Gasteiger partial charge in [0.05, 0.1) is 0 Å². The van der Waals surface area contributed by atoms with Crippen LogP contribution in [0.15, 0.2) is 48.5 Å². The Morgan fingerprint density at radius 2 is 1.59 bits per heavy atom. The molecule has 0 bridgehead atoms. The van der Waals surface area contributed by atoms with Gasteiger partial charge in [-0.1, -0.05) is 55.5 Å². The van der Waals surface area contributed by atoms with Gasteiger partial charge in [-0.15, -0.1) is 0 Å². The Labute approximate surface area is 188 Å². The zero-order valence-corrected chi connectivity index (χ0v) is 18.9. The molecule has 32 heavy (non-hydrogen) atoms. The SMILES string of the molecule is CCC(C)N(CC(=O)O)C(=O)C(C)(C)NC(=O)OCC1c2ccccc2-c2ccccc21. The number of hydrogen-bond donors (Lipinski definition) is 2. The Morgan fingerprint density at radius 3 is 2.09 bits per heavy atom. The summed E-state index contributed by atoms with van der Waals surface area (Å²) >= 11 is 0. The van der Waals surface area contributed by atoms with Crippen molar-refractivity contribution >= 4 is 18.0 Å². The molecular formula is C25H30N2O5. The lowest BCUT2D eigenvalue weighted by Gasteiger charge is -2.34. The highest BCUT2D eigenvalue weighted by molar-refractivity contribution is 5.91. The lowest BCUT2D eigenvalue weighted by molar-refractivity contribution is -0.148. The van der Waals surface area contributed by atoms with Crippen LogP contribution in [0.25, 0.3) is 11.1 Å².